The van der Waals surface area contributed by atoms with Crippen LogP contribution in [0, 0.1) is 17.2 Å². The molecular weight excluding hydrogens is 202 g/mol. The SMILES string of the molecule is CC(C)CCN1CCN(C(=O)CC#N)CC1. The topological polar surface area (TPSA) is 47.3 Å². The Hall–Kier alpha value is -1.08. The normalized spacial score (nSPS) is 17.5. The lowest BCUT2D eigenvalue weighted by Gasteiger charge is -2.34. The standard InChI is InChI=1S/C12H21N3O/c1-11(2)4-6-14-7-9-15(10-8-14)12(16)3-5-13/h11H,3-4,6-10H2,1-2H3. The number of carbonyl (C=O) groups is 1. The van der Waals surface area contributed by atoms with Crippen LogP contribution in [-0.2, 0) is 4.79 Å². The molecule has 0 bridgehead atoms. The predicted octanol–water partition coefficient (Wildman–Crippen LogP) is 1.09. The van der Waals surface area contributed by atoms with Crippen LogP contribution in [0.5, 0.6) is 0 Å². The second-order valence-electron chi connectivity index (χ2n) is 4.74. The Labute approximate surface area is 97.8 Å². The Kier molecular flexibility index (Phi) is 5.27. The van der Waals surface area contributed by atoms with Crippen molar-refractivity contribution in [1.29, 1.82) is 5.26 Å². The van der Waals surface area contributed by atoms with Crippen LogP contribution in [0.4, 0.5) is 0 Å². The largest absolute Gasteiger partial charge is 0.339 e. The fourth-order valence-corrected chi connectivity index (χ4v) is 1.84. The van der Waals surface area contributed by atoms with Gasteiger partial charge in [0.1, 0.15) is 6.42 Å². The Morgan fingerprint density at radius 3 is 2.44 bits per heavy atom. The van der Waals surface area contributed by atoms with Crippen molar-refractivity contribution in [3.63, 3.8) is 0 Å². The summed E-state index contributed by atoms with van der Waals surface area (Å²) in [5, 5.41) is 8.46. The summed E-state index contributed by atoms with van der Waals surface area (Å²) in [6, 6.07) is 1.91. The molecule has 0 aliphatic carbocycles. The first-order chi connectivity index (χ1) is 7.63. The molecule has 0 N–H and O–H groups in total. The Morgan fingerprint density at radius 1 is 1.31 bits per heavy atom. The van der Waals surface area contributed by atoms with Crippen LogP contribution >= 0.6 is 0 Å². The van der Waals surface area contributed by atoms with Crippen LogP contribution in [0.15, 0.2) is 0 Å². The van der Waals surface area contributed by atoms with Crippen LogP contribution in [-0.4, -0.2) is 48.4 Å². The molecule has 0 atom stereocenters. The maximum atomic E-state index is 11.5. The average Bonchev–Trinajstić information content (AvgIpc) is 2.27. The van der Waals surface area contributed by atoms with Crippen LogP contribution in [0.3, 0.4) is 0 Å². The van der Waals surface area contributed by atoms with Crippen molar-refractivity contribution in [2.24, 2.45) is 5.92 Å². The number of rotatable bonds is 4. The molecule has 1 heterocycles. The first-order valence-corrected chi connectivity index (χ1v) is 6.00. The number of piperazine rings is 1. The summed E-state index contributed by atoms with van der Waals surface area (Å²) >= 11 is 0. The van der Waals surface area contributed by atoms with Gasteiger partial charge in [-0.3, -0.25) is 9.69 Å². The van der Waals surface area contributed by atoms with Crippen LogP contribution in [0.1, 0.15) is 26.7 Å². The van der Waals surface area contributed by atoms with E-state index in [-0.39, 0.29) is 12.3 Å². The molecule has 0 aromatic rings. The first-order valence-electron chi connectivity index (χ1n) is 6.00. The lowest BCUT2D eigenvalue weighted by molar-refractivity contribution is -0.131. The van der Waals surface area contributed by atoms with Crippen LogP contribution in [0.2, 0.25) is 0 Å². The highest BCUT2D eigenvalue weighted by Crippen LogP contribution is 2.07. The monoisotopic (exact) mass is 223 g/mol. The molecule has 90 valence electrons. The molecule has 0 saturated carbocycles. The molecule has 1 amide bonds. The smallest absolute Gasteiger partial charge is 0.236 e. The third-order valence-corrected chi connectivity index (χ3v) is 2.98. The summed E-state index contributed by atoms with van der Waals surface area (Å²) < 4.78 is 0. The molecule has 1 rings (SSSR count). The van der Waals surface area contributed by atoms with Gasteiger partial charge in [-0.15, -0.1) is 0 Å². The summed E-state index contributed by atoms with van der Waals surface area (Å²) in [7, 11) is 0. The van der Waals surface area contributed by atoms with E-state index >= 15 is 0 Å². The van der Waals surface area contributed by atoms with Crippen LogP contribution in [0.25, 0.3) is 0 Å². The van der Waals surface area contributed by atoms with E-state index < -0.39 is 0 Å². The average molecular weight is 223 g/mol. The minimum atomic E-state index is -0.0222. The zero-order valence-corrected chi connectivity index (χ0v) is 10.3. The van der Waals surface area contributed by atoms with Gasteiger partial charge in [0.25, 0.3) is 0 Å². The maximum absolute atomic E-state index is 11.5. The Balaban J connectivity index is 2.23. The molecular formula is C12H21N3O. The zero-order chi connectivity index (χ0) is 12.0. The minimum absolute atomic E-state index is 0.0198. The molecule has 4 heteroatoms. The Bertz CT molecular complexity index is 262. The van der Waals surface area contributed by atoms with Gasteiger partial charge in [0.05, 0.1) is 6.07 Å². The van der Waals surface area contributed by atoms with E-state index in [9.17, 15) is 4.79 Å². The van der Waals surface area contributed by atoms with Crippen molar-refractivity contribution >= 4 is 5.91 Å². The third-order valence-electron chi connectivity index (χ3n) is 2.98. The molecule has 0 spiro atoms. The van der Waals surface area contributed by atoms with Gasteiger partial charge in [0, 0.05) is 26.2 Å². The molecule has 4 nitrogen and oxygen atoms in total. The quantitative estimate of drug-likeness (QED) is 0.717. The van der Waals surface area contributed by atoms with Gasteiger partial charge in [0.2, 0.25) is 5.91 Å². The van der Waals surface area contributed by atoms with E-state index in [1.165, 1.54) is 6.42 Å². The third kappa shape index (κ3) is 4.19. The zero-order valence-electron chi connectivity index (χ0n) is 10.3. The summed E-state index contributed by atoms with van der Waals surface area (Å²) in [4.78, 5) is 15.7. The number of hydrogen-bond acceptors (Lipinski definition) is 3. The van der Waals surface area contributed by atoms with E-state index in [0.717, 1.165) is 38.6 Å². The van der Waals surface area contributed by atoms with Crippen molar-refractivity contribution < 1.29 is 4.79 Å². The molecule has 1 saturated heterocycles. The van der Waals surface area contributed by atoms with Crippen molar-refractivity contribution in [2.45, 2.75) is 26.7 Å². The van der Waals surface area contributed by atoms with Crippen LogP contribution < -0.4 is 0 Å². The summed E-state index contributed by atoms with van der Waals surface area (Å²) in [6.45, 7) is 9.03. The van der Waals surface area contributed by atoms with Gasteiger partial charge < -0.3 is 4.90 Å². The van der Waals surface area contributed by atoms with Gasteiger partial charge in [-0.05, 0) is 18.9 Å². The molecule has 0 unspecified atom stereocenters. The lowest BCUT2D eigenvalue weighted by atomic mass is 10.1. The highest BCUT2D eigenvalue weighted by Gasteiger charge is 2.20. The van der Waals surface area contributed by atoms with E-state index in [1.54, 1.807) is 4.90 Å². The fraction of sp³-hybridized carbons (Fsp3) is 0.833. The Morgan fingerprint density at radius 2 is 1.94 bits per heavy atom. The van der Waals surface area contributed by atoms with Gasteiger partial charge >= 0.3 is 0 Å². The van der Waals surface area contributed by atoms with Crippen molar-refractivity contribution in [3.05, 3.63) is 0 Å². The van der Waals surface area contributed by atoms with E-state index in [0.29, 0.717) is 0 Å². The van der Waals surface area contributed by atoms with Crippen molar-refractivity contribution in [1.82, 2.24) is 9.80 Å². The van der Waals surface area contributed by atoms with Gasteiger partial charge in [-0.1, -0.05) is 13.8 Å². The summed E-state index contributed by atoms with van der Waals surface area (Å²) in [6.07, 6.45) is 1.23. The number of amides is 1. The highest BCUT2D eigenvalue weighted by atomic mass is 16.2. The van der Waals surface area contributed by atoms with E-state index in [1.807, 2.05) is 6.07 Å². The number of nitrogens with zero attached hydrogens (tertiary/aromatic N) is 3. The number of hydrogen-bond donors (Lipinski definition) is 0. The second kappa shape index (κ2) is 6.49. The molecule has 1 aliphatic heterocycles. The summed E-state index contributed by atoms with van der Waals surface area (Å²) in [5.41, 5.74) is 0. The number of nitriles is 1. The van der Waals surface area contributed by atoms with Crippen molar-refractivity contribution in [3.8, 4) is 6.07 Å². The molecule has 0 aromatic carbocycles. The number of carbonyl (C=O) groups excluding carboxylic acids is 1. The molecule has 1 fully saturated rings. The van der Waals surface area contributed by atoms with E-state index in [4.69, 9.17) is 5.26 Å². The van der Waals surface area contributed by atoms with Gasteiger partial charge in [0.15, 0.2) is 0 Å². The highest BCUT2D eigenvalue weighted by molar-refractivity contribution is 5.78. The van der Waals surface area contributed by atoms with Gasteiger partial charge in [-0.25, -0.2) is 0 Å². The molecule has 1 aliphatic rings. The lowest BCUT2D eigenvalue weighted by Crippen LogP contribution is -2.48. The van der Waals surface area contributed by atoms with Crippen molar-refractivity contribution in [2.75, 3.05) is 32.7 Å². The molecule has 16 heavy (non-hydrogen) atoms. The molecule has 0 aromatic heterocycles. The fourth-order valence-electron chi connectivity index (χ4n) is 1.84. The molecule has 0 radical (unpaired) electrons. The predicted molar refractivity (Wildman–Crippen MR) is 62.7 cm³/mol. The summed E-state index contributed by atoms with van der Waals surface area (Å²) in [5.74, 6) is 0.712. The minimum Gasteiger partial charge on any atom is -0.339 e. The first kappa shape index (κ1) is 13.0. The van der Waals surface area contributed by atoms with E-state index in [2.05, 4.69) is 18.7 Å². The van der Waals surface area contributed by atoms with Gasteiger partial charge in [-0.2, -0.15) is 5.26 Å². The second-order valence-corrected chi connectivity index (χ2v) is 4.74. The maximum Gasteiger partial charge on any atom is 0.236 e.